The first-order chi connectivity index (χ1) is 9.29. The molecule has 0 spiro atoms. The Labute approximate surface area is 124 Å². The normalized spacial score (nSPS) is 11.3. The Bertz CT molecular complexity index is 765. The highest BCUT2D eigenvalue weighted by atomic mass is 35.5. The van der Waals surface area contributed by atoms with Gasteiger partial charge < -0.3 is 5.11 Å². The predicted octanol–water partition coefficient (Wildman–Crippen LogP) is 3.64. The average molecular weight is 336 g/mol. The summed E-state index contributed by atoms with van der Waals surface area (Å²) in [5.41, 5.74) is -0.127. The number of nitrogens with one attached hydrogen (secondary N) is 1. The number of phenolic OH excluding ortho intramolecular Hbond substituents is 1. The van der Waals surface area contributed by atoms with Crippen LogP contribution in [0, 0.1) is 5.82 Å². The fraction of sp³-hybridized carbons (Fsp3) is 0. The van der Waals surface area contributed by atoms with Crippen LogP contribution in [0.4, 0.5) is 10.1 Å². The van der Waals surface area contributed by atoms with Gasteiger partial charge in [0.15, 0.2) is 0 Å². The summed E-state index contributed by atoms with van der Waals surface area (Å²) in [5, 5.41) is 9.67. The summed E-state index contributed by atoms with van der Waals surface area (Å²) in [6.45, 7) is 0. The molecule has 2 N–H and O–H groups in total. The maximum Gasteiger partial charge on any atom is 0.263 e. The molecule has 0 saturated heterocycles. The molecule has 0 radical (unpaired) electrons. The predicted molar refractivity (Wildman–Crippen MR) is 75.3 cm³/mol. The van der Waals surface area contributed by atoms with E-state index >= 15 is 0 Å². The fourth-order valence-electron chi connectivity index (χ4n) is 1.47. The van der Waals surface area contributed by atoms with Crippen LogP contribution in [-0.4, -0.2) is 13.5 Å². The highest BCUT2D eigenvalue weighted by Gasteiger charge is 2.20. The van der Waals surface area contributed by atoms with Crippen molar-refractivity contribution in [2.45, 2.75) is 4.90 Å². The molecule has 8 heteroatoms. The van der Waals surface area contributed by atoms with Crippen molar-refractivity contribution in [1.29, 1.82) is 0 Å². The van der Waals surface area contributed by atoms with Crippen molar-refractivity contribution < 1.29 is 17.9 Å². The van der Waals surface area contributed by atoms with E-state index in [1.165, 1.54) is 18.2 Å². The lowest BCUT2D eigenvalue weighted by molar-refractivity contribution is 0.477. The molecule has 0 heterocycles. The molecule has 0 aliphatic rings. The number of benzene rings is 2. The van der Waals surface area contributed by atoms with Gasteiger partial charge in [0.2, 0.25) is 0 Å². The smallest absolute Gasteiger partial charge is 0.263 e. The standard InChI is InChI=1S/C12H8Cl2FNO3S/c13-7-1-4-11(17)10(5-7)16-20(18,19)12-6-8(15)2-3-9(12)14/h1-6,16-17H. The lowest BCUT2D eigenvalue weighted by Gasteiger charge is -2.11. The minimum Gasteiger partial charge on any atom is -0.506 e. The van der Waals surface area contributed by atoms with Gasteiger partial charge in [-0.25, -0.2) is 12.8 Å². The maximum atomic E-state index is 13.1. The van der Waals surface area contributed by atoms with Gasteiger partial charge in [-0.2, -0.15) is 0 Å². The maximum absolute atomic E-state index is 13.1. The SMILES string of the molecule is O=S(=O)(Nc1cc(Cl)ccc1O)c1cc(F)ccc1Cl. The van der Waals surface area contributed by atoms with Gasteiger partial charge in [0.25, 0.3) is 10.0 Å². The highest BCUT2D eigenvalue weighted by molar-refractivity contribution is 7.92. The van der Waals surface area contributed by atoms with Crippen LogP contribution in [0.15, 0.2) is 41.3 Å². The summed E-state index contributed by atoms with van der Waals surface area (Å²) >= 11 is 11.5. The first-order valence-electron chi connectivity index (χ1n) is 5.26. The van der Waals surface area contributed by atoms with E-state index in [0.29, 0.717) is 0 Å². The molecular weight excluding hydrogens is 328 g/mol. The number of rotatable bonds is 3. The largest absolute Gasteiger partial charge is 0.506 e. The summed E-state index contributed by atoms with van der Waals surface area (Å²) in [4.78, 5) is -0.432. The Hall–Kier alpha value is -1.50. The van der Waals surface area contributed by atoms with Crippen LogP contribution in [0.2, 0.25) is 10.0 Å². The van der Waals surface area contributed by atoms with Gasteiger partial charge in [0.05, 0.1) is 10.7 Å². The van der Waals surface area contributed by atoms with E-state index in [9.17, 15) is 17.9 Å². The number of halogens is 3. The lowest BCUT2D eigenvalue weighted by atomic mass is 10.3. The summed E-state index contributed by atoms with van der Waals surface area (Å²) in [6.07, 6.45) is 0. The van der Waals surface area contributed by atoms with Crippen molar-refractivity contribution in [3.8, 4) is 5.75 Å². The number of hydrogen-bond donors (Lipinski definition) is 2. The summed E-state index contributed by atoms with van der Waals surface area (Å²) in [5.74, 6) is -1.06. The zero-order valence-corrected chi connectivity index (χ0v) is 12.1. The Kier molecular flexibility index (Phi) is 4.08. The van der Waals surface area contributed by atoms with E-state index in [-0.39, 0.29) is 21.5 Å². The van der Waals surface area contributed by atoms with E-state index in [1.807, 2.05) is 0 Å². The topological polar surface area (TPSA) is 66.4 Å². The quantitative estimate of drug-likeness (QED) is 0.841. The van der Waals surface area contributed by atoms with E-state index in [4.69, 9.17) is 23.2 Å². The monoisotopic (exact) mass is 335 g/mol. The number of sulfonamides is 1. The number of anilines is 1. The third kappa shape index (κ3) is 3.15. The highest BCUT2D eigenvalue weighted by Crippen LogP contribution is 2.30. The van der Waals surface area contributed by atoms with Gasteiger partial charge in [-0.15, -0.1) is 0 Å². The molecule has 0 amide bonds. The number of aromatic hydroxyl groups is 1. The molecule has 0 fully saturated rings. The van der Waals surface area contributed by atoms with Gasteiger partial charge in [0, 0.05) is 5.02 Å². The summed E-state index contributed by atoms with van der Waals surface area (Å²) in [6, 6.07) is 6.80. The van der Waals surface area contributed by atoms with Crippen molar-refractivity contribution in [2.24, 2.45) is 0 Å². The van der Waals surface area contributed by atoms with Crippen molar-refractivity contribution in [3.05, 3.63) is 52.3 Å². The first-order valence-corrected chi connectivity index (χ1v) is 7.50. The van der Waals surface area contributed by atoms with E-state index in [2.05, 4.69) is 4.72 Å². The zero-order chi connectivity index (χ0) is 14.9. The summed E-state index contributed by atoms with van der Waals surface area (Å²) in [7, 11) is -4.15. The minimum absolute atomic E-state index is 0.127. The summed E-state index contributed by atoms with van der Waals surface area (Å²) < 4.78 is 39.5. The molecule has 0 aromatic heterocycles. The van der Waals surface area contributed by atoms with Crippen LogP contribution in [0.1, 0.15) is 0 Å². The Morgan fingerprint density at radius 1 is 1.10 bits per heavy atom. The van der Waals surface area contributed by atoms with E-state index in [0.717, 1.165) is 18.2 Å². The van der Waals surface area contributed by atoms with Gasteiger partial charge in [-0.3, -0.25) is 4.72 Å². The zero-order valence-electron chi connectivity index (χ0n) is 9.77. The van der Waals surface area contributed by atoms with Crippen molar-refractivity contribution in [2.75, 3.05) is 4.72 Å². The average Bonchev–Trinajstić information content (AvgIpc) is 2.36. The van der Waals surface area contributed by atoms with Crippen LogP contribution in [0.5, 0.6) is 5.75 Å². The first kappa shape index (κ1) is 14.9. The molecule has 20 heavy (non-hydrogen) atoms. The molecular formula is C12H8Cl2FNO3S. The van der Waals surface area contributed by atoms with Gasteiger partial charge in [-0.05, 0) is 36.4 Å². The number of phenols is 1. The molecule has 0 unspecified atom stereocenters. The molecule has 2 rings (SSSR count). The fourth-order valence-corrected chi connectivity index (χ4v) is 3.22. The van der Waals surface area contributed by atoms with Crippen LogP contribution < -0.4 is 4.72 Å². The van der Waals surface area contributed by atoms with Crippen LogP contribution >= 0.6 is 23.2 Å². The molecule has 4 nitrogen and oxygen atoms in total. The molecule has 0 saturated carbocycles. The minimum atomic E-state index is -4.15. The van der Waals surface area contributed by atoms with Crippen molar-refractivity contribution >= 4 is 38.9 Å². The van der Waals surface area contributed by atoms with Gasteiger partial charge in [0.1, 0.15) is 16.5 Å². The Balaban J connectivity index is 2.46. The van der Waals surface area contributed by atoms with Crippen LogP contribution in [-0.2, 0) is 10.0 Å². The van der Waals surface area contributed by atoms with Gasteiger partial charge in [-0.1, -0.05) is 23.2 Å². The Morgan fingerprint density at radius 3 is 2.50 bits per heavy atom. The molecule has 2 aromatic carbocycles. The molecule has 0 atom stereocenters. The second kappa shape index (κ2) is 5.47. The van der Waals surface area contributed by atoms with E-state index in [1.54, 1.807) is 0 Å². The second-order valence-electron chi connectivity index (χ2n) is 3.84. The lowest BCUT2D eigenvalue weighted by Crippen LogP contribution is -2.14. The molecule has 0 aliphatic carbocycles. The molecule has 0 bridgehead atoms. The van der Waals surface area contributed by atoms with Crippen LogP contribution in [0.25, 0.3) is 0 Å². The number of hydrogen-bond acceptors (Lipinski definition) is 3. The third-order valence-electron chi connectivity index (χ3n) is 2.39. The second-order valence-corrected chi connectivity index (χ2v) is 6.34. The van der Waals surface area contributed by atoms with E-state index < -0.39 is 20.7 Å². The molecule has 0 aliphatic heterocycles. The molecule has 106 valence electrons. The van der Waals surface area contributed by atoms with Crippen molar-refractivity contribution in [3.63, 3.8) is 0 Å². The van der Waals surface area contributed by atoms with Crippen molar-refractivity contribution in [1.82, 2.24) is 0 Å². The van der Waals surface area contributed by atoms with Gasteiger partial charge >= 0.3 is 0 Å². The third-order valence-corrected chi connectivity index (χ3v) is 4.47. The Morgan fingerprint density at radius 2 is 1.80 bits per heavy atom. The molecule has 2 aromatic rings. The van der Waals surface area contributed by atoms with Crippen LogP contribution in [0.3, 0.4) is 0 Å².